The second-order valence-electron chi connectivity index (χ2n) is 8.88. The van der Waals surface area contributed by atoms with Gasteiger partial charge in [0.2, 0.25) is 11.8 Å². The number of aromatic nitrogens is 1. The van der Waals surface area contributed by atoms with Gasteiger partial charge in [0.05, 0.1) is 6.54 Å². The lowest BCUT2D eigenvalue weighted by molar-refractivity contribution is -0.146. The van der Waals surface area contributed by atoms with Crippen molar-refractivity contribution in [3.8, 4) is 0 Å². The predicted octanol–water partition coefficient (Wildman–Crippen LogP) is 2.66. The highest BCUT2D eigenvalue weighted by Gasteiger charge is 2.54. The number of nitrogens with one attached hydrogen (secondary N) is 1. The number of carbonyl (C=O) groups excluding carboxylic acids is 2. The summed E-state index contributed by atoms with van der Waals surface area (Å²) in [4.78, 5) is 26.8. The van der Waals surface area contributed by atoms with E-state index >= 15 is 0 Å². The van der Waals surface area contributed by atoms with Gasteiger partial charge in [-0.15, -0.1) is 0 Å². The Labute approximate surface area is 154 Å². The lowest BCUT2D eigenvalue weighted by Gasteiger charge is -2.55. The number of rotatable bonds is 6. The summed E-state index contributed by atoms with van der Waals surface area (Å²) >= 11 is 0. The molecule has 0 atom stereocenters. The third-order valence-electron chi connectivity index (χ3n) is 6.65. The van der Waals surface area contributed by atoms with E-state index in [4.69, 9.17) is 4.52 Å². The van der Waals surface area contributed by atoms with Crippen molar-refractivity contribution in [1.82, 2.24) is 15.4 Å². The van der Waals surface area contributed by atoms with Gasteiger partial charge in [0.25, 0.3) is 0 Å². The van der Waals surface area contributed by atoms with E-state index in [1.165, 1.54) is 19.3 Å². The number of nitrogens with zero attached hydrogens (tertiary/aromatic N) is 2. The Hall–Kier alpha value is -1.85. The molecule has 4 aliphatic carbocycles. The molecular weight excluding hydrogens is 330 g/mol. The summed E-state index contributed by atoms with van der Waals surface area (Å²) in [6, 6.07) is 1.83. The molecule has 5 rings (SSSR count). The minimum atomic E-state index is -0.137. The molecule has 4 aliphatic rings. The molecule has 0 radical (unpaired) electrons. The van der Waals surface area contributed by atoms with Crippen molar-refractivity contribution >= 4 is 11.8 Å². The predicted molar refractivity (Wildman–Crippen MR) is 95.9 cm³/mol. The minimum Gasteiger partial charge on any atom is -0.361 e. The van der Waals surface area contributed by atoms with Gasteiger partial charge >= 0.3 is 0 Å². The summed E-state index contributed by atoms with van der Waals surface area (Å²) in [7, 11) is 1.76. The Morgan fingerprint density at radius 3 is 2.38 bits per heavy atom. The first-order valence-electron chi connectivity index (χ1n) is 9.88. The molecule has 1 heterocycles. The van der Waals surface area contributed by atoms with Gasteiger partial charge in [-0.25, -0.2) is 0 Å². The molecular formula is C20H29N3O3. The van der Waals surface area contributed by atoms with Crippen LogP contribution in [0.4, 0.5) is 0 Å². The number of carbonyl (C=O) groups is 2. The average molecular weight is 359 g/mol. The molecule has 0 spiro atoms. The van der Waals surface area contributed by atoms with Gasteiger partial charge in [-0.3, -0.25) is 9.59 Å². The Bertz CT molecular complexity index is 661. The topological polar surface area (TPSA) is 75.4 Å². The molecule has 0 saturated heterocycles. The highest BCUT2D eigenvalue weighted by Crippen LogP contribution is 2.60. The van der Waals surface area contributed by atoms with E-state index in [9.17, 15) is 9.59 Å². The first-order valence-corrected chi connectivity index (χ1v) is 9.88. The standard InChI is InChI=1S/C20H29N3O3/c1-13-5-17(22-26-13)12-23(2)18(24)3-4-21-19(25)20-9-14-6-15(10-20)8-16(7-14)11-20/h5,14-16H,3-4,6-12H2,1-2H3,(H,21,25). The highest BCUT2D eigenvalue weighted by molar-refractivity contribution is 5.84. The summed E-state index contributed by atoms with van der Waals surface area (Å²) < 4.78 is 5.03. The van der Waals surface area contributed by atoms with Gasteiger partial charge in [-0.05, 0) is 63.2 Å². The van der Waals surface area contributed by atoms with Crippen LogP contribution in [-0.2, 0) is 16.1 Å². The van der Waals surface area contributed by atoms with Crippen LogP contribution in [0.1, 0.15) is 56.4 Å². The largest absolute Gasteiger partial charge is 0.361 e. The fourth-order valence-corrected chi connectivity index (χ4v) is 5.87. The van der Waals surface area contributed by atoms with Crippen molar-refractivity contribution in [2.75, 3.05) is 13.6 Å². The van der Waals surface area contributed by atoms with Gasteiger partial charge in [0.15, 0.2) is 0 Å². The summed E-state index contributed by atoms with van der Waals surface area (Å²) in [6.07, 6.45) is 7.50. The quantitative estimate of drug-likeness (QED) is 0.847. The number of hydrogen-bond acceptors (Lipinski definition) is 4. The van der Waals surface area contributed by atoms with Gasteiger partial charge in [0, 0.05) is 31.5 Å². The van der Waals surface area contributed by atoms with Crippen LogP contribution in [0.2, 0.25) is 0 Å². The summed E-state index contributed by atoms with van der Waals surface area (Å²) in [5.74, 6) is 3.21. The Morgan fingerprint density at radius 2 is 1.85 bits per heavy atom. The highest BCUT2D eigenvalue weighted by atomic mass is 16.5. The second kappa shape index (κ2) is 6.71. The molecule has 2 amide bonds. The molecule has 26 heavy (non-hydrogen) atoms. The summed E-state index contributed by atoms with van der Waals surface area (Å²) in [6.45, 7) is 2.68. The Morgan fingerprint density at radius 1 is 1.23 bits per heavy atom. The van der Waals surface area contributed by atoms with E-state index in [-0.39, 0.29) is 17.2 Å². The number of amides is 2. The van der Waals surface area contributed by atoms with Crippen LogP contribution in [0, 0.1) is 30.1 Å². The lowest BCUT2D eigenvalue weighted by Crippen LogP contribution is -2.53. The molecule has 0 unspecified atom stereocenters. The van der Waals surface area contributed by atoms with Gasteiger partial charge in [-0.2, -0.15) is 0 Å². The number of aryl methyl sites for hydroxylation is 1. The molecule has 1 N–H and O–H groups in total. The van der Waals surface area contributed by atoms with Crippen LogP contribution in [0.15, 0.2) is 10.6 Å². The van der Waals surface area contributed by atoms with Crippen LogP contribution in [0.5, 0.6) is 0 Å². The van der Waals surface area contributed by atoms with E-state index < -0.39 is 0 Å². The average Bonchev–Trinajstić information content (AvgIpc) is 2.98. The molecule has 4 bridgehead atoms. The zero-order valence-corrected chi connectivity index (χ0v) is 15.8. The smallest absolute Gasteiger partial charge is 0.226 e. The zero-order chi connectivity index (χ0) is 18.3. The monoisotopic (exact) mass is 359 g/mol. The Balaban J connectivity index is 1.25. The SMILES string of the molecule is Cc1cc(CN(C)C(=O)CCNC(=O)C23CC4CC(CC(C4)C2)C3)no1. The maximum absolute atomic E-state index is 12.9. The van der Waals surface area contributed by atoms with Crippen molar-refractivity contribution in [2.24, 2.45) is 23.2 Å². The lowest BCUT2D eigenvalue weighted by atomic mass is 9.49. The second-order valence-corrected chi connectivity index (χ2v) is 8.88. The Kier molecular flexibility index (Phi) is 4.53. The van der Waals surface area contributed by atoms with E-state index in [0.717, 1.165) is 48.5 Å². The van der Waals surface area contributed by atoms with Crippen molar-refractivity contribution in [3.63, 3.8) is 0 Å². The minimum absolute atomic E-state index is 0.0106. The van der Waals surface area contributed by atoms with E-state index in [1.54, 1.807) is 11.9 Å². The first-order chi connectivity index (χ1) is 12.4. The van der Waals surface area contributed by atoms with E-state index in [2.05, 4.69) is 10.5 Å². The third kappa shape index (κ3) is 3.38. The van der Waals surface area contributed by atoms with E-state index in [1.807, 2.05) is 13.0 Å². The molecule has 1 aromatic heterocycles. The summed E-state index contributed by atoms with van der Waals surface area (Å²) in [5.41, 5.74) is 0.609. The van der Waals surface area contributed by atoms with Crippen molar-refractivity contribution in [3.05, 3.63) is 17.5 Å². The van der Waals surface area contributed by atoms with Gasteiger partial charge in [-0.1, -0.05) is 5.16 Å². The van der Waals surface area contributed by atoms with Crippen molar-refractivity contribution < 1.29 is 14.1 Å². The fourth-order valence-electron chi connectivity index (χ4n) is 5.87. The normalized spacial score (nSPS) is 31.8. The van der Waals surface area contributed by atoms with Crippen LogP contribution >= 0.6 is 0 Å². The van der Waals surface area contributed by atoms with Crippen LogP contribution in [-0.4, -0.2) is 35.5 Å². The third-order valence-corrected chi connectivity index (χ3v) is 6.65. The molecule has 142 valence electrons. The fraction of sp³-hybridized carbons (Fsp3) is 0.750. The molecule has 4 saturated carbocycles. The summed E-state index contributed by atoms with van der Waals surface area (Å²) in [5, 5.41) is 6.99. The molecule has 6 nitrogen and oxygen atoms in total. The van der Waals surface area contributed by atoms with Crippen LogP contribution in [0.3, 0.4) is 0 Å². The van der Waals surface area contributed by atoms with Gasteiger partial charge in [0.1, 0.15) is 11.5 Å². The van der Waals surface area contributed by atoms with Gasteiger partial charge < -0.3 is 14.7 Å². The maximum atomic E-state index is 12.9. The number of hydrogen-bond donors (Lipinski definition) is 1. The molecule has 0 aromatic carbocycles. The van der Waals surface area contributed by atoms with E-state index in [0.29, 0.717) is 19.5 Å². The van der Waals surface area contributed by atoms with Crippen LogP contribution in [0.25, 0.3) is 0 Å². The van der Waals surface area contributed by atoms with Crippen molar-refractivity contribution in [2.45, 2.75) is 58.4 Å². The zero-order valence-electron chi connectivity index (χ0n) is 15.8. The van der Waals surface area contributed by atoms with Crippen LogP contribution < -0.4 is 5.32 Å². The van der Waals surface area contributed by atoms with Crippen molar-refractivity contribution in [1.29, 1.82) is 0 Å². The maximum Gasteiger partial charge on any atom is 0.226 e. The molecule has 1 aromatic rings. The first kappa shape index (κ1) is 17.6. The molecule has 0 aliphatic heterocycles. The molecule has 4 fully saturated rings. The molecule has 6 heteroatoms.